The number of rotatable bonds is 5. The van der Waals surface area contributed by atoms with Gasteiger partial charge in [0.1, 0.15) is 5.75 Å². The third-order valence-electron chi connectivity index (χ3n) is 2.66. The molecule has 3 nitrogen and oxygen atoms in total. The van der Waals surface area contributed by atoms with Crippen LogP contribution < -0.4 is 4.74 Å². The van der Waals surface area contributed by atoms with Crippen molar-refractivity contribution >= 4 is 6.08 Å². The van der Waals surface area contributed by atoms with Gasteiger partial charge in [0.05, 0.1) is 13.2 Å². The topological polar surface area (TPSA) is 27.7 Å². The number of ether oxygens (including phenoxy) is 3. The molecule has 1 heterocycles. The summed E-state index contributed by atoms with van der Waals surface area (Å²) >= 11 is 0. The predicted octanol–water partition coefficient (Wildman–Crippen LogP) is 4.16. The van der Waals surface area contributed by atoms with Crippen molar-refractivity contribution in [3.63, 3.8) is 0 Å². The van der Waals surface area contributed by atoms with Crippen molar-refractivity contribution in [3.05, 3.63) is 42.2 Å². The molecule has 0 atom stereocenters. The van der Waals surface area contributed by atoms with Gasteiger partial charge in [-0.25, -0.2) is 0 Å². The van der Waals surface area contributed by atoms with Crippen molar-refractivity contribution in [1.82, 2.24) is 0 Å². The van der Waals surface area contributed by atoms with Crippen LogP contribution in [-0.2, 0) is 9.47 Å². The first-order valence-electron chi connectivity index (χ1n) is 6.29. The predicted molar refractivity (Wildman–Crippen MR) is 66.9 cm³/mol. The van der Waals surface area contributed by atoms with E-state index in [1.54, 1.807) is 12.2 Å². The first kappa shape index (κ1) is 16.7. The summed E-state index contributed by atoms with van der Waals surface area (Å²) in [6, 6.07) is 4.79. The fourth-order valence-electron chi connectivity index (χ4n) is 1.61. The van der Waals surface area contributed by atoms with Crippen LogP contribution in [0.2, 0.25) is 0 Å². The van der Waals surface area contributed by atoms with Crippen LogP contribution >= 0.6 is 0 Å². The molecule has 2 rings (SSSR count). The maximum Gasteiger partial charge on any atom is 0.499 e. The second-order valence-electron chi connectivity index (χ2n) is 4.36. The average Bonchev–Trinajstić information content (AvgIpc) is 2.92. The molecule has 1 aliphatic rings. The summed E-state index contributed by atoms with van der Waals surface area (Å²) in [7, 11) is 0. The minimum Gasteiger partial charge on any atom is -0.426 e. The highest BCUT2D eigenvalue weighted by molar-refractivity contribution is 5.50. The largest absolute Gasteiger partial charge is 0.499 e. The summed E-state index contributed by atoms with van der Waals surface area (Å²) in [4.78, 5) is 0. The van der Waals surface area contributed by atoms with Gasteiger partial charge in [-0.05, 0) is 17.7 Å². The molecule has 0 amide bonds. The van der Waals surface area contributed by atoms with E-state index in [9.17, 15) is 22.0 Å². The van der Waals surface area contributed by atoms with E-state index in [1.165, 1.54) is 12.1 Å². The van der Waals surface area contributed by atoms with Crippen LogP contribution in [-0.4, -0.2) is 25.5 Å². The Kier molecular flexibility index (Phi) is 5.02. The van der Waals surface area contributed by atoms with E-state index in [0.29, 0.717) is 31.5 Å². The second kappa shape index (κ2) is 6.62. The summed E-state index contributed by atoms with van der Waals surface area (Å²) in [6.45, 7) is 1.01. The van der Waals surface area contributed by atoms with Crippen molar-refractivity contribution in [3.8, 4) is 5.75 Å². The lowest BCUT2D eigenvalue weighted by Crippen LogP contribution is -2.41. The third kappa shape index (κ3) is 4.41. The molecule has 1 aromatic carbocycles. The Morgan fingerprint density at radius 3 is 2.14 bits per heavy atom. The van der Waals surface area contributed by atoms with Gasteiger partial charge in [0.2, 0.25) is 6.29 Å². The molecule has 1 saturated heterocycles. The molecular formula is C14H12F5O3. The highest BCUT2D eigenvalue weighted by Gasteiger charge is 2.61. The van der Waals surface area contributed by atoms with E-state index in [4.69, 9.17) is 9.47 Å². The Balaban J connectivity index is 1.91. The SMILES string of the molecule is FC(F)(F)C(F)(F)Oc1ccc(C=CC[C]2OCCO2)cc1. The molecule has 0 aliphatic carbocycles. The van der Waals surface area contributed by atoms with Gasteiger partial charge in [0.25, 0.3) is 0 Å². The van der Waals surface area contributed by atoms with Gasteiger partial charge in [-0.15, -0.1) is 0 Å². The lowest BCUT2D eigenvalue weighted by atomic mass is 10.2. The molecule has 121 valence electrons. The summed E-state index contributed by atoms with van der Waals surface area (Å²) in [5, 5.41) is 0. The monoisotopic (exact) mass is 323 g/mol. The molecule has 0 bridgehead atoms. The number of benzene rings is 1. The molecule has 1 fully saturated rings. The van der Waals surface area contributed by atoms with E-state index in [0.717, 1.165) is 12.1 Å². The van der Waals surface area contributed by atoms with Crippen molar-refractivity contribution in [2.45, 2.75) is 18.7 Å². The van der Waals surface area contributed by atoms with E-state index in [2.05, 4.69) is 4.74 Å². The van der Waals surface area contributed by atoms with Crippen LogP contribution in [0.3, 0.4) is 0 Å². The van der Waals surface area contributed by atoms with E-state index >= 15 is 0 Å². The van der Waals surface area contributed by atoms with Crippen LogP contribution in [0.1, 0.15) is 12.0 Å². The maximum atomic E-state index is 12.7. The van der Waals surface area contributed by atoms with E-state index in [-0.39, 0.29) is 0 Å². The number of hydrogen-bond acceptors (Lipinski definition) is 3. The van der Waals surface area contributed by atoms with Gasteiger partial charge in [-0.1, -0.05) is 24.3 Å². The zero-order valence-electron chi connectivity index (χ0n) is 11.2. The van der Waals surface area contributed by atoms with Crippen molar-refractivity contribution in [2.75, 3.05) is 13.2 Å². The van der Waals surface area contributed by atoms with Crippen LogP contribution in [0, 0.1) is 6.29 Å². The summed E-state index contributed by atoms with van der Waals surface area (Å²) in [6.07, 6.45) is -6.68. The molecule has 0 spiro atoms. The summed E-state index contributed by atoms with van der Waals surface area (Å²) in [5.41, 5.74) is 0.612. The minimum absolute atomic E-state index is 0.435. The van der Waals surface area contributed by atoms with Crippen LogP contribution in [0.25, 0.3) is 6.08 Å². The van der Waals surface area contributed by atoms with Crippen molar-refractivity contribution in [2.24, 2.45) is 0 Å². The molecular weight excluding hydrogens is 311 g/mol. The van der Waals surface area contributed by atoms with Crippen molar-refractivity contribution in [1.29, 1.82) is 0 Å². The van der Waals surface area contributed by atoms with Crippen LogP contribution in [0.5, 0.6) is 5.75 Å². The number of alkyl halides is 5. The summed E-state index contributed by atoms with van der Waals surface area (Å²) < 4.78 is 75.3. The molecule has 22 heavy (non-hydrogen) atoms. The Morgan fingerprint density at radius 2 is 1.59 bits per heavy atom. The van der Waals surface area contributed by atoms with Gasteiger partial charge in [0.15, 0.2) is 0 Å². The fourth-order valence-corrected chi connectivity index (χ4v) is 1.61. The van der Waals surface area contributed by atoms with Crippen LogP contribution in [0.15, 0.2) is 30.3 Å². The van der Waals surface area contributed by atoms with Gasteiger partial charge in [-0.3, -0.25) is 0 Å². The van der Waals surface area contributed by atoms with Crippen LogP contribution in [0.4, 0.5) is 22.0 Å². The molecule has 1 radical (unpaired) electrons. The summed E-state index contributed by atoms with van der Waals surface area (Å²) in [5.74, 6) is -0.573. The van der Waals surface area contributed by atoms with E-state index in [1.807, 2.05) is 0 Å². The average molecular weight is 323 g/mol. The van der Waals surface area contributed by atoms with Gasteiger partial charge in [-0.2, -0.15) is 22.0 Å². The van der Waals surface area contributed by atoms with Gasteiger partial charge < -0.3 is 14.2 Å². The molecule has 1 aromatic rings. The fraction of sp³-hybridized carbons (Fsp3) is 0.357. The molecule has 0 unspecified atom stereocenters. The molecule has 0 saturated carbocycles. The maximum absolute atomic E-state index is 12.7. The quantitative estimate of drug-likeness (QED) is 0.762. The second-order valence-corrected chi connectivity index (χ2v) is 4.36. The normalized spacial score (nSPS) is 17.3. The Morgan fingerprint density at radius 1 is 1.00 bits per heavy atom. The highest BCUT2D eigenvalue weighted by atomic mass is 19.4. The van der Waals surface area contributed by atoms with Gasteiger partial charge >= 0.3 is 12.3 Å². The van der Waals surface area contributed by atoms with Crippen molar-refractivity contribution < 1.29 is 36.2 Å². The lowest BCUT2D eigenvalue weighted by Gasteiger charge is -2.20. The Labute approximate surface area is 123 Å². The first-order chi connectivity index (χ1) is 10.3. The number of hydrogen-bond donors (Lipinski definition) is 0. The lowest BCUT2D eigenvalue weighted by molar-refractivity contribution is -0.360. The highest BCUT2D eigenvalue weighted by Crippen LogP contribution is 2.37. The molecule has 0 aromatic heterocycles. The third-order valence-corrected chi connectivity index (χ3v) is 2.66. The molecule has 1 aliphatic heterocycles. The number of halogens is 5. The minimum atomic E-state index is -5.76. The van der Waals surface area contributed by atoms with E-state index < -0.39 is 18.0 Å². The zero-order chi connectivity index (χ0) is 16.2. The standard InChI is InChI=1S/C14H12F5O3/c15-13(16,17)14(18,19)22-11-6-4-10(5-7-11)2-1-3-12-20-8-9-21-12/h1-2,4-7H,3,8-9H2. The molecule has 8 heteroatoms. The molecule has 0 N–H and O–H groups in total. The Hall–Kier alpha value is -1.67. The first-order valence-corrected chi connectivity index (χ1v) is 6.29. The smallest absolute Gasteiger partial charge is 0.426 e. The Bertz CT molecular complexity index is 504. The van der Waals surface area contributed by atoms with Gasteiger partial charge in [0, 0.05) is 6.42 Å². The zero-order valence-corrected chi connectivity index (χ0v) is 11.2.